The molecule has 0 fully saturated rings. The molecule has 0 radical (unpaired) electrons. The SMILES string of the molecule is CC(C)(C)OC(=O)NC(CSCc1ccc(-c2nc(-c3ccccc3)cc(-c3ccccc3)n2)cc1)C(=O)O. The van der Waals surface area contributed by atoms with Gasteiger partial charge in [0.2, 0.25) is 0 Å². The maximum Gasteiger partial charge on any atom is 0.408 e. The fourth-order valence-corrected chi connectivity index (χ4v) is 4.77. The first kappa shape index (κ1) is 27.9. The number of alkyl carbamates (subject to hydrolysis) is 1. The normalized spacial score (nSPS) is 12.0. The van der Waals surface area contributed by atoms with E-state index in [9.17, 15) is 14.7 Å². The van der Waals surface area contributed by atoms with Gasteiger partial charge in [-0.2, -0.15) is 11.8 Å². The van der Waals surface area contributed by atoms with Gasteiger partial charge in [0, 0.05) is 28.2 Å². The fourth-order valence-electron chi connectivity index (χ4n) is 3.76. The number of carbonyl (C=O) groups is 2. The van der Waals surface area contributed by atoms with Gasteiger partial charge in [0.05, 0.1) is 11.4 Å². The molecule has 0 aliphatic rings. The summed E-state index contributed by atoms with van der Waals surface area (Å²) in [6, 6.07) is 28.9. The molecular weight excluding hydrogens is 510 g/mol. The molecule has 0 saturated carbocycles. The summed E-state index contributed by atoms with van der Waals surface area (Å²) >= 11 is 1.42. The summed E-state index contributed by atoms with van der Waals surface area (Å²) in [6.45, 7) is 5.19. The van der Waals surface area contributed by atoms with Gasteiger partial charge in [-0.25, -0.2) is 19.6 Å². The van der Waals surface area contributed by atoms with Crippen LogP contribution in [0.5, 0.6) is 0 Å². The Morgan fingerprint density at radius 3 is 1.87 bits per heavy atom. The predicted molar refractivity (Wildman–Crippen MR) is 155 cm³/mol. The van der Waals surface area contributed by atoms with Crippen molar-refractivity contribution in [2.45, 2.75) is 38.2 Å². The number of carboxylic acids is 1. The third-order valence-electron chi connectivity index (χ3n) is 5.62. The van der Waals surface area contributed by atoms with E-state index in [2.05, 4.69) is 5.32 Å². The largest absolute Gasteiger partial charge is 0.480 e. The number of carboxylic acid groups (broad SMARTS) is 1. The van der Waals surface area contributed by atoms with Gasteiger partial charge in [0.15, 0.2) is 5.82 Å². The number of carbonyl (C=O) groups excluding carboxylic acids is 1. The van der Waals surface area contributed by atoms with Crippen molar-refractivity contribution in [3.63, 3.8) is 0 Å². The highest BCUT2D eigenvalue weighted by molar-refractivity contribution is 7.98. The molecule has 200 valence electrons. The van der Waals surface area contributed by atoms with Gasteiger partial charge in [0.25, 0.3) is 0 Å². The summed E-state index contributed by atoms with van der Waals surface area (Å²) in [6.07, 6.45) is -0.743. The van der Waals surface area contributed by atoms with Crippen LogP contribution in [-0.4, -0.2) is 44.5 Å². The lowest BCUT2D eigenvalue weighted by atomic mass is 10.1. The Morgan fingerprint density at radius 2 is 1.38 bits per heavy atom. The van der Waals surface area contributed by atoms with E-state index < -0.39 is 23.7 Å². The van der Waals surface area contributed by atoms with E-state index in [1.807, 2.05) is 91.0 Å². The maximum atomic E-state index is 12.0. The molecular formula is C31H31N3O4S. The van der Waals surface area contributed by atoms with Gasteiger partial charge in [-0.05, 0) is 32.4 Å². The Balaban J connectivity index is 1.47. The Kier molecular flexibility index (Phi) is 8.99. The van der Waals surface area contributed by atoms with E-state index in [4.69, 9.17) is 14.7 Å². The highest BCUT2D eigenvalue weighted by atomic mass is 32.2. The molecule has 7 nitrogen and oxygen atoms in total. The van der Waals surface area contributed by atoms with E-state index in [1.165, 1.54) is 11.8 Å². The number of amides is 1. The van der Waals surface area contributed by atoms with Crippen molar-refractivity contribution in [3.8, 4) is 33.9 Å². The van der Waals surface area contributed by atoms with Gasteiger partial charge in [-0.15, -0.1) is 0 Å². The molecule has 0 aliphatic carbocycles. The van der Waals surface area contributed by atoms with Crippen LogP contribution in [0, 0.1) is 0 Å². The first-order valence-corrected chi connectivity index (χ1v) is 13.7. The Bertz CT molecular complexity index is 1350. The standard InChI is InChI=1S/C31H31N3O4S/c1-31(2,3)38-30(37)34-27(29(35)36)20-39-19-21-14-16-24(17-15-21)28-32-25(22-10-6-4-7-11-22)18-26(33-28)23-12-8-5-9-13-23/h4-18,27H,19-20H2,1-3H3,(H,34,37)(H,35,36). The minimum atomic E-state index is -1.10. The van der Waals surface area contributed by atoms with E-state index >= 15 is 0 Å². The quantitative estimate of drug-likeness (QED) is 0.243. The molecule has 1 amide bonds. The van der Waals surface area contributed by atoms with Crippen molar-refractivity contribution in [2.75, 3.05) is 5.75 Å². The summed E-state index contributed by atoms with van der Waals surface area (Å²) in [5, 5.41) is 11.9. The Morgan fingerprint density at radius 1 is 0.846 bits per heavy atom. The van der Waals surface area contributed by atoms with Crippen molar-refractivity contribution < 1.29 is 19.4 Å². The summed E-state index contributed by atoms with van der Waals surface area (Å²) in [5.74, 6) is 0.314. The van der Waals surface area contributed by atoms with Crippen LogP contribution in [0.25, 0.3) is 33.9 Å². The zero-order valence-corrected chi connectivity index (χ0v) is 22.9. The first-order chi connectivity index (χ1) is 18.7. The van der Waals surface area contributed by atoms with Crippen molar-refractivity contribution in [1.29, 1.82) is 0 Å². The summed E-state index contributed by atoms with van der Waals surface area (Å²) < 4.78 is 5.18. The third kappa shape index (κ3) is 8.15. The number of rotatable bonds is 9. The van der Waals surface area contributed by atoms with Crippen LogP contribution < -0.4 is 5.32 Å². The number of aliphatic carboxylic acids is 1. The highest BCUT2D eigenvalue weighted by Crippen LogP contribution is 2.28. The molecule has 39 heavy (non-hydrogen) atoms. The van der Waals surface area contributed by atoms with Gasteiger partial charge in [0.1, 0.15) is 11.6 Å². The lowest BCUT2D eigenvalue weighted by Crippen LogP contribution is -2.44. The average Bonchev–Trinajstić information content (AvgIpc) is 2.92. The summed E-state index contributed by atoms with van der Waals surface area (Å²) in [7, 11) is 0. The van der Waals surface area contributed by atoms with Crippen LogP contribution in [0.15, 0.2) is 91.0 Å². The number of hydrogen-bond donors (Lipinski definition) is 2. The van der Waals surface area contributed by atoms with Crippen molar-refractivity contribution in [3.05, 3.63) is 96.6 Å². The molecule has 1 unspecified atom stereocenters. The van der Waals surface area contributed by atoms with Crippen LogP contribution in [0.4, 0.5) is 4.79 Å². The van der Waals surface area contributed by atoms with Crippen molar-refractivity contribution in [1.82, 2.24) is 15.3 Å². The lowest BCUT2D eigenvalue weighted by molar-refractivity contribution is -0.138. The number of ether oxygens (including phenoxy) is 1. The second-order valence-corrected chi connectivity index (χ2v) is 11.0. The van der Waals surface area contributed by atoms with Gasteiger partial charge >= 0.3 is 12.1 Å². The molecule has 3 aromatic carbocycles. The van der Waals surface area contributed by atoms with E-state index in [0.29, 0.717) is 11.6 Å². The van der Waals surface area contributed by atoms with Crippen LogP contribution in [0.1, 0.15) is 26.3 Å². The number of hydrogen-bond acceptors (Lipinski definition) is 6. The van der Waals surface area contributed by atoms with Crippen molar-refractivity contribution in [2.24, 2.45) is 0 Å². The Hall–Kier alpha value is -4.17. The minimum absolute atomic E-state index is 0.207. The molecule has 1 heterocycles. The summed E-state index contributed by atoms with van der Waals surface area (Å²) in [4.78, 5) is 33.3. The molecule has 8 heteroatoms. The van der Waals surface area contributed by atoms with E-state index in [-0.39, 0.29) is 5.75 Å². The number of thioether (sulfide) groups is 1. The third-order valence-corrected chi connectivity index (χ3v) is 6.73. The highest BCUT2D eigenvalue weighted by Gasteiger charge is 2.24. The topological polar surface area (TPSA) is 101 Å². The molecule has 0 bridgehead atoms. The van der Waals surface area contributed by atoms with Gasteiger partial charge in [-0.1, -0.05) is 84.9 Å². The molecule has 4 rings (SSSR count). The van der Waals surface area contributed by atoms with Crippen LogP contribution >= 0.6 is 11.8 Å². The van der Waals surface area contributed by atoms with E-state index in [1.54, 1.807) is 20.8 Å². The van der Waals surface area contributed by atoms with Crippen molar-refractivity contribution >= 4 is 23.8 Å². The number of nitrogens with zero attached hydrogens (tertiary/aromatic N) is 2. The Labute approximate surface area is 232 Å². The van der Waals surface area contributed by atoms with Gasteiger partial charge < -0.3 is 15.2 Å². The monoisotopic (exact) mass is 541 g/mol. The second kappa shape index (κ2) is 12.6. The maximum absolute atomic E-state index is 12.0. The smallest absolute Gasteiger partial charge is 0.408 e. The summed E-state index contributed by atoms with van der Waals surface area (Å²) in [5.41, 5.74) is 4.92. The number of nitrogens with one attached hydrogen (secondary N) is 1. The molecule has 1 atom stereocenters. The van der Waals surface area contributed by atoms with Crippen LogP contribution in [0.3, 0.4) is 0 Å². The molecule has 4 aromatic rings. The fraction of sp³-hybridized carbons (Fsp3) is 0.226. The molecule has 0 aliphatic heterocycles. The van der Waals surface area contributed by atoms with Crippen LogP contribution in [0.2, 0.25) is 0 Å². The second-order valence-electron chi connectivity index (χ2n) is 9.94. The molecule has 0 saturated heterocycles. The molecule has 0 spiro atoms. The number of aromatic nitrogens is 2. The molecule has 1 aromatic heterocycles. The van der Waals surface area contributed by atoms with E-state index in [0.717, 1.165) is 33.6 Å². The zero-order chi connectivity index (χ0) is 27.8. The van der Waals surface area contributed by atoms with Gasteiger partial charge in [-0.3, -0.25) is 0 Å². The average molecular weight is 542 g/mol. The zero-order valence-electron chi connectivity index (χ0n) is 22.1. The first-order valence-electron chi connectivity index (χ1n) is 12.6. The minimum Gasteiger partial charge on any atom is -0.480 e. The molecule has 2 N–H and O–H groups in total. The lowest BCUT2D eigenvalue weighted by Gasteiger charge is -2.21. The van der Waals surface area contributed by atoms with Crippen LogP contribution in [-0.2, 0) is 15.3 Å². The predicted octanol–water partition coefficient (Wildman–Crippen LogP) is 6.69. The number of benzene rings is 3.